The van der Waals surface area contributed by atoms with Crippen LogP contribution < -0.4 is 5.32 Å². The summed E-state index contributed by atoms with van der Waals surface area (Å²) < 4.78 is 10.5. The number of rotatable bonds is 6. The highest BCUT2D eigenvalue weighted by Gasteiger charge is 2.36. The van der Waals surface area contributed by atoms with Crippen molar-refractivity contribution in [2.24, 2.45) is 0 Å². The third-order valence-corrected chi connectivity index (χ3v) is 4.26. The maximum atomic E-state index is 12.2. The Hall–Kier alpha value is -1.92. The Bertz CT molecular complexity index is 559. The molecule has 1 aliphatic rings. The van der Waals surface area contributed by atoms with E-state index in [4.69, 9.17) is 4.74 Å². The van der Waals surface area contributed by atoms with E-state index in [1.807, 2.05) is 30.3 Å². The standard InChI is InChI=1S/C18H26N2O4/c1-18(2)13-24-15(14-7-5-4-6-8-14)11-20(18)12-16(21)19-10-9-17(22)23-3/h4-8,15H,9-13H2,1-3H3,(H,19,21)/t15-/m0/s1. The molecule has 0 unspecified atom stereocenters. The van der Waals surface area contributed by atoms with Crippen LogP contribution in [0, 0.1) is 0 Å². The fourth-order valence-electron chi connectivity index (χ4n) is 2.68. The summed E-state index contributed by atoms with van der Waals surface area (Å²) in [5.41, 5.74) is 0.898. The van der Waals surface area contributed by atoms with Crippen LogP contribution in [0.15, 0.2) is 30.3 Å². The molecule has 0 aliphatic carbocycles. The molecule has 1 aromatic carbocycles. The van der Waals surface area contributed by atoms with Crippen molar-refractivity contribution in [1.82, 2.24) is 10.2 Å². The number of morpholine rings is 1. The van der Waals surface area contributed by atoms with Gasteiger partial charge in [-0.3, -0.25) is 14.5 Å². The van der Waals surface area contributed by atoms with Gasteiger partial charge >= 0.3 is 5.97 Å². The second-order valence-electron chi connectivity index (χ2n) is 6.58. The lowest BCUT2D eigenvalue weighted by Crippen LogP contribution is -2.56. The topological polar surface area (TPSA) is 67.9 Å². The molecule has 1 aliphatic heterocycles. The van der Waals surface area contributed by atoms with E-state index in [-0.39, 0.29) is 36.5 Å². The van der Waals surface area contributed by atoms with Gasteiger partial charge in [-0.2, -0.15) is 0 Å². The number of hydrogen-bond acceptors (Lipinski definition) is 5. The van der Waals surface area contributed by atoms with Crippen LogP contribution in [0.2, 0.25) is 0 Å². The van der Waals surface area contributed by atoms with E-state index in [2.05, 4.69) is 28.8 Å². The Labute approximate surface area is 143 Å². The fraction of sp³-hybridized carbons (Fsp3) is 0.556. The average Bonchev–Trinajstić information content (AvgIpc) is 2.57. The second-order valence-corrected chi connectivity index (χ2v) is 6.58. The van der Waals surface area contributed by atoms with Crippen molar-refractivity contribution in [2.45, 2.75) is 31.9 Å². The minimum absolute atomic E-state index is 0.0397. The monoisotopic (exact) mass is 334 g/mol. The first kappa shape index (κ1) is 18.4. The van der Waals surface area contributed by atoms with Gasteiger partial charge in [0, 0.05) is 18.6 Å². The molecule has 6 nitrogen and oxygen atoms in total. The molecule has 1 aromatic rings. The summed E-state index contributed by atoms with van der Waals surface area (Å²) in [5, 5.41) is 2.77. The molecule has 0 saturated carbocycles. The summed E-state index contributed by atoms with van der Waals surface area (Å²) in [6, 6.07) is 10.0. The quantitative estimate of drug-likeness (QED) is 0.799. The number of carbonyl (C=O) groups is 2. The molecule has 1 saturated heterocycles. The van der Waals surface area contributed by atoms with Crippen molar-refractivity contribution < 1.29 is 19.1 Å². The lowest BCUT2D eigenvalue weighted by atomic mass is 9.98. The van der Waals surface area contributed by atoms with Crippen LogP contribution in [0.3, 0.4) is 0 Å². The molecule has 24 heavy (non-hydrogen) atoms. The smallest absolute Gasteiger partial charge is 0.307 e. The molecule has 1 atom stereocenters. The minimum atomic E-state index is -0.328. The predicted octanol–water partition coefficient (Wildman–Crippen LogP) is 1.52. The van der Waals surface area contributed by atoms with Gasteiger partial charge in [0.05, 0.1) is 32.8 Å². The van der Waals surface area contributed by atoms with Crippen molar-refractivity contribution in [1.29, 1.82) is 0 Å². The molecule has 1 amide bonds. The highest BCUT2D eigenvalue weighted by Crippen LogP contribution is 2.29. The van der Waals surface area contributed by atoms with Crippen molar-refractivity contribution in [3.8, 4) is 0 Å². The number of nitrogens with one attached hydrogen (secondary N) is 1. The lowest BCUT2D eigenvalue weighted by Gasteiger charge is -2.45. The van der Waals surface area contributed by atoms with E-state index in [1.165, 1.54) is 7.11 Å². The number of ether oxygens (including phenoxy) is 2. The van der Waals surface area contributed by atoms with Gasteiger partial charge in [0.25, 0.3) is 0 Å². The Morgan fingerprint density at radius 3 is 2.71 bits per heavy atom. The maximum Gasteiger partial charge on any atom is 0.307 e. The van der Waals surface area contributed by atoms with Crippen LogP contribution in [0.4, 0.5) is 0 Å². The number of carbonyl (C=O) groups excluding carboxylic acids is 2. The Morgan fingerprint density at radius 2 is 2.04 bits per heavy atom. The Kier molecular flexibility index (Phi) is 6.34. The van der Waals surface area contributed by atoms with E-state index < -0.39 is 0 Å². The lowest BCUT2D eigenvalue weighted by molar-refractivity contribution is -0.140. The van der Waals surface area contributed by atoms with Crippen LogP contribution in [0.25, 0.3) is 0 Å². The Morgan fingerprint density at radius 1 is 1.33 bits per heavy atom. The second kappa shape index (κ2) is 8.26. The molecule has 0 spiro atoms. The first-order valence-electron chi connectivity index (χ1n) is 8.17. The molecule has 0 aromatic heterocycles. The van der Waals surface area contributed by atoms with E-state index in [1.54, 1.807) is 0 Å². The average molecular weight is 334 g/mol. The molecule has 6 heteroatoms. The van der Waals surface area contributed by atoms with Gasteiger partial charge < -0.3 is 14.8 Å². The van der Waals surface area contributed by atoms with Gasteiger partial charge in [0.1, 0.15) is 0 Å². The van der Waals surface area contributed by atoms with E-state index in [0.717, 1.165) is 5.56 Å². The van der Waals surface area contributed by atoms with Gasteiger partial charge in [-0.15, -0.1) is 0 Å². The summed E-state index contributed by atoms with van der Waals surface area (Å²) in [7, 11) is 1.34. The highest BCUT2D eigenvalue weighted by atomic mass is 16.5. The summed E-state index contributed by atoms with van der Waals surface area (Å²) in [6.45, 7) is 5.91. The molecule has 1 heterocycles. The van der Waals surface area contributed by atoms with E-state index in [9.17, 15) is 9.59 Å². The normalized spacial score (nSPS) is 20.4. The maximum absolute atomic E-state index is 12.2. The molecule has 0 bridgehead atoms. The van der Waals surface area contributed by atoms with Crippen molar-refractivity contribution in [3.63, 3.8) is 0 Å². The molecule has 132 valence electrons. The van der Waals surface area contributed by atoms with Gasteiger partial charge in [-0.1, -0.05) is 30.3 Å². The SMILES string of the molecule is COC(=O)CCNC(=O)CN1C[C@@H](c2ccccc2)OCC1(C)C. The summed E-state index contributed by atoms with van der Waals surface area (Å²) in [5.74, 6) is -0.424. The molecular weight excluding hydrogens is 308 g/mol. The predicted molar refractivity (Wildman–Crippen MR) is 90.4 cm³/mol. The van der Waals surface area contributed by atoms with Crippen molar-refractivity contribution >= 4 is 11.9 Å². The summed E-state index contributed by atoms with van der Waals surface area (Å²) >= 11 is 0. The fourth-order valence-corrected chi connectivity index (χ4v) is 2.68. The van der Waals surface area contributed by atoms with Crippen LogP contribution >= 0.6 is 0 Å². The molecule has 1 N–H and O–H groups in total. The van der Waals surface area contributed by atoms with Crippen molar-refractivity contribution in [3.05, 3.63) is 35.9 Å². The van der Waals surface area contributed by atoms with E-state index in [0.29, 0.717) is 19.7 Å². The Balaban J connectivity index is 1.91. The summed E-state index contributed by atoms with van der Waals surface area (Å²) in [6.07, 6.45) is 0.142. The van der Waals surface area contributed by atoms with Gasteiger partial charge in [0.2, 0.25) is 5.91 Å². The molecule has 1 fully saturated rings. The zero-order valence-corrected chi connectivity index (χ0v) is 14.6. The minimum Gasteiger partial charge on any atom is -0.469 e. The first-order chi connectivity index (χ1) is 11.4. The highest BCUT2D eigenvalue weighted by molar-refractivity contribution is 5.79. The van der Waals surface area contributed by atoms with Crippen molar-refractivity contribution in [2.75, 3.05) is 33.4 Å². The first-order valence-corrected chi connectivity index (χ1v) is 8.17. The number of amides is 1. The van der Waals surface area contributed by atoms with Crippen LogP contribution in [0.5, 0.6) is 0 Å². The third kappa shape index (κ3) is 5.04. The zero-order valence-electron chi connectivity index (χ0n) is 14.6. The number of methoxy groups -OCH3 is 1. The van der Waals surface area contributed by atoms with E-state index >= 15 is 0 Å². The number of hydrogen-bond donors (Lipinski definition) is 1. The third-order valence-electron chi connectivity index (χ3n) is 4.26. The van der Waals surface area contributed by atoms with Gasteiger partial charge in [0.15, 0.2) is 0 Å². The number of benzene rings is 1. The van der Waals surface area contributed by atoms with Crippen LogP contribution in [0.1, 0.15) is 31.9 Å². The van der Waals surface area contributed by atoms with Crippen LogP contribution in [-0.2, 0) is 19.1 Å². The molecular formula is C18H26N2O4. The molecule has 2 rings (SSSR count). The molecule has 0 radical (unpaired) electrons. The van der Waals surface area contributed by atoms with Gasteiger partial charge in [-0.05, 0) is 19.4 Å². The summed E-state index contributed by atoms with van der Waals surface area (Å²) in [4.78, 5) is 25.4. The largest absolute Gasteiger partial charge is 0.469 e. The van der Waals surface area contributed by atoms with Crippen LogP contribution in [-0.4, -0.2) is 55.7 Å². The van der Waals surface area contributed by atoms with Gasteiger partial charge in [-0.25, -0.2) is 0 Å². The number of esters is 1. The zero-order chi connectivity index (χ0) is 17.6. The number of nitrogens with zero attached hydrogens (tertiary/aromatic N) is 1.